The number of hydrogen-bond donors (Lipinski definition) is 2. The topological polar surface area (TPSA) is 49.3 Å². The van der Waals surface area contributed by atoms with Crippen molar-refractivity contribution in [2.75, 3.05) is 0 Å². The number of rotatable bonds is 0. The average molecular weight is 163 g/mol. The van der Waals surface area contributed by atoms with Gasteiger partial charge in [-0.15, -0.1) is 0 Å². The zero-order valence-corrected chi connectivity index (χ0v) is 5.98. The zero-order valence-electron chi connectivity index (χ0n) is 3.14. The van der Waals surface area contributed by atoms with Crippen molar-refractivity contribution in [3.63, 3.8) is 0 Å². The van der Waals surface area contributed by atoms with Crippen LogP contribution in [-0.4, -0.2) is 11.2 Å². The molecule has 0 aliphatic rings. The van der Waals surface area contributed by atoms with Gasteiger partial charge in [0.15, 0.2) is 0 Å². The first kappa shape index (κ1) is 9.62. The summed E-state index contributed by atoms with van der Waals surface area (Å²) in [5.74, 6) is 0. The van der Waals surface area contributed by atoms with Crippen LogP contribution < -0.4 is 5.32 Å². The Hall–Kier alpha value is 0.374. The molecule has 3 nitrogen and oxygen atoms in total. The van der Waals surface area contributed by atoms with Gasteiger partial charge in [-0.1, -0.05) is 0 Å². The molecule has 0 spiro atoms. The fourth-order valence-corrected chi connectivity index (χ4v) is 0. The maximum absolute atomic E-state index is 9.19. The Kier molecular flexibility index (Phi) is 8.62. The summed E-state index contributed by atoms with van der Waals surface area (Å²) in [5, 5.41) is 9.24. The summed E-state index contributed by atoms with van der Waals surface area (Å²) < 4.78 is 0. The van der Waals surface area contributed by atoms with E-state index in [1.54, 1.807) is 5.32 Å². The molecule has 33 valence electrons. The Morgan fingerprint density at radius 2 is 2.00 bits per heavy atom. The summed E-state index contributed by atoms with van der Waals surface area (Å²) in [4.78, 5) is 9.19. The van der Waals surface area contributed by atoms with Crippen molar-refractivity contribution in [1.29, 1.82) is 0 Å². The Bertz CT molecular complexity index is 46.8. The van der Waals surface area contributed by atoms with Crippen molar-refractivity contribution in [3.05, 3.63) is 7.05 Å². The third-order valence-corrected chi connectivity index (χ3v) is 0.151. The minimum Gasteiger partial charge on any atom is -0.473 e. The molecule has 1 radical (unpaired) electrons. The summed E-state index contributed by atoms with van der Waals surface area (Å²) >= 11 is 0. The summed E-state index contributed by atoms with van der Waals surface area (Å²) in [6.45, 7) is 0. The van der Waals surface area contributed by atoms with E-state index in [1.165, 1.54) is 0 Å². The van der Waals surface area contributed by atoms with Crippen LogP contribution >= 0.6 is 0 Å². The predicted molar refractivity (Wildman–Crippen MR) is 16.5 cm³/mol. The van der Waals surface area contributed by atoms with Gasteiger partial charge < -0.3 is 10.4 Å². The number of amides is 1. The molecule has 1 amide bonds. The minimum absolute atomic E-state index is 0. The molecule has 0 aliphatic heterocycles. The van der Waals surface area contributed by atoms with E-state index in [0.717, 1.165) is 0 Å². The third kappa shape index (κ3) is 8.84. The second-order valence-corrected chi connectivity index (χ2v) is 0.482. The fraction of sp³-hybridized carbons (Fsp3) is 0. The van der Waals surface area contributed by atoms with Crippen LogP contribution in [0.5, 0.6) is 0 Å². The van der Waals surface area contributed by atoms with Crippen LogP contribution in [0.15, 0.2) is 0 Å². The Labute approximate surface area is 61.0 Å². The third-order valence-electron chi connectivity index (χ3n) is 0.151. The normalized spacial score (nSPS) is 5.50. The van der Waals surface area contributed by atoms with E-state index in [9.17, 15) is 4.79 Å². The van der Waals surface area contributed by atoms with Crippen LogP contribution in [0.2, 0.25) is 0 Å². The van der Waals surface area contributed by atoms with Gasteiger partial charge in [-0.05, 0) is 0 Å². The molecule has 4 heteroatoms. The van der Waals surface area contributed by atoms with Gasteiger partial charge in [-0.25, -0.2) is 4.79 Å². The first-order valence-corrected chi connectivity index (χ1v) is 1.03. The molecule has 0 heterocycles. The Morgan fingerprint density at radius 3 is 2.00 bits per heavy atom. The van der Waals surface area contributed by atoms with Gasteiger partial charge in [-0.3, -0.25) is 7.05 Å². The molecule has 2 N–H and O–H groups in total. The van der Waals surface area contributed by atoms with Crippen LogP contribution in [0.4, 0.5) is 4.79 Å². The smallest absolute Gasteiger partial charge is 0.374 e. The molecule has 0 saturated carbocycles. The maximum Gasteiger partial charge on any atom is 0.374 e. The van der Waals surface area contributed by atoms with Gasteiger partial charge >= 0.3 is 6.09 Å². The Morgan fingerprint density at radius 1 is 1.83 bits per heavy atom. The van der Waals surface area contributed by atoms with Crippen molar-refractivity contribution in [1.82, 2.24) is 5.32 Å². The van der Waals surface area contributed by atoms with Crippen LogP contribution in [0.3, 0.4) is 0 Å². The van der Waals surface area contributed by atoms with Gasteiger partial charge in [0.05, 0.1) is 0 Å². The van der Waals surface area contributed by atoms with Gasteiger partial charge in [-0.2, -0.15) is 0 Å². The van der Waals surface area contributed by atoms with Gasteiger partial charge in [0.25, 0.3) is 0 Å². The molecule has 0 aromatic rings. The molecule has 0 bridgehead atoms. The van der Waals surface area contributed by atoms with Crippen molar-refractivity contribution in [3.8, 4) is 0 Å². The van der Waals surface area contributed by atoms with Crippen LogP contribution in [0.1, 0.15) is 0 Å². The predicted octanol–water partition coefficient (Wildman–Crippen LogP) is 0.0431. The van der Waals surface area contributed by atoms with Gasteiger partial charge in [0.2, 0.25) is 0 Å². The molecule has 0 rings (SSSR count). The van der Waals surface area contributed by atoms with E-state index < -0.39 is 6.09 Å². The number of carboxylic acid groups (broad SMARTS) is 1. The molecule has 0 aliphatic carbocycles. The first-order chi connectivity index (χ1) is 2.27. The fourth-order valence-electron chi connectivity index (χ4n) is 0. The van der Waals surface area contributed by atoms with Crippen molar-refractivity contribution in [2.24, 2.45) is 0 Å². The van der Waals surface area contributed by atoms with E-state index in [0.29, 0.717) is 0 Å². The second kappa shape index (κ2) is 5.37. The number of hydrogen-bond acceptors (Lipinski definition) is 1. The molecule has 0 saturated heterocycles. The molecule has 0 atom stereocenters. The average Bonchev–Trinajstić information content (AvgIpc) is 1.38. The van der Waals surface area contributed by atoms with Crippen LogP contribution in [-0.2, 0) is 32.7 Å². The first-order valence-electron chi connectivity index (χ1n) is 1.03. The van der Waals surface area contributed by atoms with Gasteiger partial charge in [0.1, 0.15) is 0 Å². The summed E-state index contributed by atoms with van der Waals surface area (Å²) in [6, 6.07) is 0. The zero-order chi connectivity index (χ0) is 4.28. The summed E-state index contributed by atoms with van der Waals surface area (Å²) in [5.41, 5.74) is 0. The number of nitrogens with one attached hydrogen (secondary N) is 1. The quantitative estimate of drug-likeness (QED) is 0.495. The molecule has 0 fully saturated rings. The number of carbonyl (C=O) groups is 1. The molecule has 0 aromatic carbocycles. The molecule has 0 unspecified atom stereocenters. The van der Waals surface area contributed by atoms with Gasteiger partial charge in [0, 0.05) is 32.7 Å². The monoisotopic (exact) mass is 163 g/mol. The van der Waals surface area contributed by atoms with Crippen LogP contribution in [0, 0.1) is 7.05 Å². The molecular formula is C2H4NO2Y-. The van der Waals surface area contributed by atoms with Crippen molar-refractivity contribution < 1.29 is 42.6 Å². The van der Waals surface area contributed by atoms with E-state index in [-0.39, 0.29) is 32.7 Å². The van der Waals surface area contributed by atoms with E-state index in [2.05, 4.69) is 7.05 Å². The van der Waals surface area contributed by atoms with Crippen molar-refractivity contribution in [2.45, 2.75) is 0 Å². The van der Waals surface area contributed by atoms with Crippen molar-refractivity contribution >= 4 is 6.09 Å². The largest absolute Gasteiger partial charge is 0.473 e. The minimum atomic E-state index is -1.11. The van der Waals surface area contributed by atoms with E-state index >= 15 is 0 Å². The van der Waals surface area contributed by atoms with E-state index in [4.69, 9.17) is 5.11 Å². The Balaban J connectivity index is 0. The standard InChI is InChI=1S/C2H4NO2.Y/c1-3-2(4)5;/h3H,1H2,(H,4,5);/q-1;. The molecule has 0 aromatic heterocycles. The molecular weight excluding hydrogens is 159 g/mol. The molecule has 6 heavy (non-hydrogen) atoms. The maximum atomic E-state index is 9.19. The van der Waals surface area contributed by atoms with E-state index in [1.807, 2.05) is 0 Å². The SMILES string of the molecule is [CH2-]NC(=O)O.[Y]. The summed E-state index contributed by atoms with van der Waals surface area (Å²) in [7, 11) is 2.84. The summed E-state index contributed by atoms with van der Waals surface area (Å²) in [6.07, 6.45) is -1.11. The second-order valence-electron chi connectivity index (χ2n) is 0.482. The van der Waals surface area contributed by atoms with Crippen LogP contribution in [0.25, 0.3) is 0 Å².